The van der Waals surface area contributed by atoms with E-state index in [4.69, 9.17) is 5.73 Å². The van der Waals surface area contributed by atoms with Gasteiger partial charge in [0.2, 0.25) is 0 Å². The van der Waals surface area contributed by atoms with Crippen molar-refractivity contribution in [3.8, 4) is 5.75 Å². The van der Waals surface area contributed by atoms with Gasteiger partial charge in [0.05, 0.1) is 0 Å². The van der Waals surface area contributed by atoms with Gasteiger partial charge in [0.1, 0.15) is 5.75 Å². The molecule has 0 amide bonds. The quantitative estimate of drug-likeness (QED) is 0.389. The summed E-state index contributed by atoms with van der Waals surface area (Å²) in [6.07, 6.45) is -4.44. The first kappa shape index (κ1) is 21.1. The number of ether oxygens (including phenoxy) is 1. The molecule has 0 aromatic heterocycles. The summed E-state index contributed by atoms with van der Waals surface area (Å²) >= 11 is 0. The Labute approximate surface area is 161 Å². The van der Waals surface area contributed by atoms with Crippen LogP contribution < -0.4 is 15.8 Å². The number of benzene rings is 2. The predicted molar refractivity (Wildman–Crippen MR) is 104 cm³/mol. The average molecular weight is 465 g/mol. The lowest BCUT2D eigenvalue weighted by molar-refractivity contribution is -0.274. The largest absolute Gasteiger partial charge is 0.573 e. The molecule has 0 aliphatic carbocycles. The number of para-hydroxylation sites is 1. The van der Waals surface area contributed by atoms with E-state index in [0.29, 0.717) is 5.56 Å². The lowest BCUT2D eigenvalue weighted by atomic mass is 10.1. The molecule has 8 heteroatoms. The van der Waals surface area contributed by atoms with Crippen LogP contribution in [0.4, 0.5) is 18.9 Å². The molecular weight excluding hydrogens is 446 g/mol. The highest BCUT2D eigenvalue weighted by Gasteiger charge is 2.31. The topological polar surface area (TPSA) is 59.6 Å². The molecule has 0 aliphatic rings. The van der Waals surface area contributed by atoms with Crippen LogP contribution in [-0.4, -0.2) is 18.9 Å². The zero-order valence-electron chi connectivity index (χ0n) is 13.5. The van der Waals surface area contributed by atoms with Crippen LogP contribution in [0.1, 0.15) is 11.1 Å². The number of hydrogen-bond acceptors (Lipinski definition) is 2. The Morgan fingerprint density at radius 1 is 1.12 bits per heavy atom. The minimum atomic E-state index is -4.72. The van der Waals surface area contributed by atoms with Crippen molar-refractivity contribution in [3.63, 3.8) is 0 Å². The fourth-order valence-electron chi connectivity index (χ4n) is 2.06. The maximum Gasteiger partial charge on any atom is 0.573 e. The molecule has 0 heterocycles. The van der Waals surface area contributed by atoms with Crippen molar-refractivity contribution in [2.45, 2.75) is 19.7 Å². The predicted octanol–water partition coefficient (Wildman–Crippen LogP) is 4.48. The molecule has 25 heavy (non-hydrogen) atoms. The van der Waals surface area contributed by atoms with Crippen LogP contribution >= 0.6 is 24.0 Å². The van der Waals surface area contributed by atoms with Gasteiger partial charge in [-0.05, 0) is 37.1 Å². The third-order valence-corrected chi connectivity index (χ3v) is 3.19. The number of anilines is 1. The summed E-state index contributed by atoms with van der Waals surface area (Å²) in [5, 5.41) is 2.92. The summed E-state index contributed by atoms with van der Waals surface area (Å²) in [6.45, 7) is 2.21. The highest BCUT2D eigenvalue weighted by Crippen LogP contribution is 2.26. The minimum absolute atomic E-state index is 0. The van der Waals surface area contributed by atoms with Gasteiger partial charge in [-0.3, -0.25) is 4.99 Å². The first-order valence-corrected chi connectivity index (χ1v) is 7.31. The first-order chi connectivity index (χ1) is 11.3. The standard InChI is InChI=1S/C17H18F3N3O.HI/c1-12-6-8-14(9-7-12)23-16(21)22-11-10-13-4-2-3-5-15(13)24-17(18,19)20;/h2-9H,10-11H2,1H3,(H3,21,22,23);1H. The smallest absolute Gasteiger partial charge is 0.406 e. The normalized spacial score (nSPS) is 11.6. The van der Waals surface area contributed by atoms with Gasteiger partial charge in [-0.1, -0.05) is 35.9 Å². The molecule has 0 unspecified atom stereocenters. The van der Waals surface area contributed by atoms with Crippen LogP contribution in [0.5, 0.6) is 5.75 Å². The molecule has 0 spiro atoms. The van der Waals surface area contributed by atoms with Crippen molar-refractivity contribution < 1.29 is 17.9 Å². The fourth-order valence-corrected chi connectivity index (χ4v) is 2.06. The van der Waals surface area contributed by atoms with Crippen LogP contribution in [-0.2, 0) is 6.42 Å². The van der Waals surface area contributed by atoms with Crippen molar-refractivity contribution in [3.05, 3.63) is 59.7 Å². The van der Waals surface area contributed by atoms with Gasteiger partial charge < -0.3 is 15.8 Å². The molecule has 0 fully saturated rings. The van der Waals surface area contributed by atoms with Gasteiger partial charge in [-0.2, -0.15) is 0 Å². The van der Waals surface area contributed by atoms with Crippen LogP contribution in [0, 0.1) is 6.92 Å². The summed E-state index contributed by atoms with van der Waals surface area (Å²) in [5.74, 6) is -0.0154. The van der Waals surface area contributed by atoms with E-state index in [-0.39, 0.29) is 48.7 Å². The minimum Gasteiger partial charge on any atom is -0.406 e. The van der Waals surface area contributed by atoms with Gasteiger partial charge in [-0.25, -0.2) is 0 Å². The molecule has 0 atom stereocenters. The Balaban J connectivity index is 0.00000312. The van der Waals surface area contributed by atoms with E-state index in [1.165, 1.54) is 12.1 Å². The third kappa shape index (κ3) is 7.63. The van der Waals surface area contributed by atoms with Crippen LogP contribution in [0.15, 0.2) is 53.5 Å². The molecular formula is C17H19F3IN3O. The number of nitrogens with one attached hydrogen (secondary N) is 1. The molecule has 4 nitrogen and oxygen atoms in total. The molecule has 0 saturated heterocycles. The monoisotopic (exact) mass is 465 g/mol. The number of aliphatic imine (C=N–C) groups is 1. The van der Waals surface area contributed by atoms with Crippen molar-refractivity contribution in [2.24, 2.45) is 10.7 Å². The maximum atomic E-state index is 12.4. The number of halogens is 4. The number of aryl methyl sites for hydroxylation is 1. The summed E-state index contributed by atoms with van der Waals surface area (Å²) in [6, 6.07) is 13.6. The summed E-state index contributed by atoms with van der Waals surface area (Å²) in [5.41, 5.74) is 8.11. The molecule has 0 saturated carbocycles. The van der Waals surface area contributed by atoms with E-state index in [1.54, 1.807) is 12.1 Å². The molecule has 3 N–H and O–H groups in total. The number of nitrogens with two attached hydrogens (primary N) is 1. The number of rotatable bonds is 5. The fraction of sp³-hybridized carbons (Fsp3) is 0.235. The second kappa shape index (κ2) is 9.50. The number of guanidine groups is 1. The van der Waals surface area contributed by atoms with Crippen molar-refractivity contribution in [1.29, 1.82) is 0 Å². The molecule has 2 rings (SSSR count). The van der Waals surface area contributed by atoms with Crippen molar-refractivity contribution in [1.82, 2.24) is 0 Å². The van der Waals surface area contributed by atoms with Gasteiger partial charge >= 0.3 is 6.36 Å². The van der Waals surface area contributed by atoms with Gasteiger partial charge in [0.25, 0.3) is 0 Å². The second-order valence-corrected chi connectivity index (χ2v) is 5.16. The lowest BCUT2D eigenvalue weighted by Crippen LogP contribution is -2.23. The van der Waals surface area contributed by atoms with Crippen LogP contribution in [0.2, 0.25) is 0 Å². The maximum absolute atomic E-state index is 12.4. The number of alkyl halides is 3. The SMILES string of the molecule is Cc1ccc(NC(N)=NCCc2ccccc2OC(F)(F)F)cc1.I. The zero-order chi connectivity index (χ0) is 17.6. The molecule has 136 valence electrons. The van der Waals surface area contributed by atoms with E-state index < -0.39 is 6.36 Å². The Bertz CT molecular complexity index is 703. The summed E-state index contributed by atoms with van der Waals surface area (Å²) in [4.78, 5) is 4.12. The zero-order valence-corrected chi connectivity index (χ0v) is 15.8. The Hall–Kier alpha value is -1.97. The van der Waals surface area contributed by atoms with E-state index >= 15 is 0 Å². The number of nitrogens with zero attached hydrogens (tertiary/aromatic N) is 1. The summed E-state index contributed by atoms with van der Waals surface area (Å²) in [7, 11) is 0. The Morgan fingerprint density at radius 3 is 2.40 bits per heavy atom. The van der Waals surface area contributed by atoms with Crippen LogP contribution in [0.25, 0.3) is 0 Å². The highest BCUT2D eigenvalue weighted by molar-refractivity contribution is 14.0. The highest BCUT2D eigenvalue weighted by atomic mass is 127. The van der Waals surface area contributed by atoms with E-state index in [2.05, 4.69) is 15.0 Å². The second-order valence-electron chi connectivity index (χ2n) is 5.16. The molecule has 0 bridgehead atoms. The van der Waals surface area contributed by atoms with E-state index in [0.717, 1.165) is 11.3 Å². The number of hydrogen-bond donors (Lipinski definition) is 2. The van der Waals surface area contributed by atoms with Crippen LogP contribution in [0.3, 0.4) is 0 Å². The first-order valence-electron chi connectivity index (χ1n) is 7.31. The van der Waals surface area contributed by atoms with E-state index in [9.17, 15) is 13.2 Å². The van der Waals surface area contributed by atoms with Gasteiger partial charge in [0, 0.05) is 12.2 Å². The molecule has 0 radical (unpaired) electrons. The van der Waals surface area contributed by atoms with Crippen molar-refractivity contribution in [2.75, 3.05) is 11.9 Å². The third-order valence-electron chi connectivity index (χ3n) is 3.19. The Kier molecular flexibility index (Phi) is 8.01. The lowest BCUT2D eigenvalue weighted by Gasteiger charge is -2.12. The Morgan fingerprint density at radius 2 is 1.76 bits per heavy atom. The van der Waals surface area contributed by atoms with Gasteiger partial charge in [0.15, 0.2) is 5.96 Å². The van der Waals surface area contributed by atoms with E-state index in [1.807, 2.05) is 31.2 Å². The average Bonchev–Trinajstić information content (AvgIpc) is 2.50. The van der Waals surface area contributed by atoms with Crippen molar-refractivity contribution >= 4 is 35.6 Å². The molecule has 2 aromatic carbocycles. The summed E-state index contributed by atoms with van der Waals surface area (Å²) < 4.78 is 41.1. The molecule has 2 aromatic rings. The molecule has 0 aliphatic heterocycles. The van der Waals surface area contributed by atoms with Gasteiger partial charge in [-0.15, -0.1) is 37.1 Å².